The van der Waals surface area contributed by atoms with Gasteiger partial charge in [0, 0.05) is 13.1 Å². The predicted molar refractivity (Wildman–Crippen MR) is 116 cm³/mol. The maximum absolute atomic E-state index is 12.3. The molecule has 9 nitrogen and oxygen atoms in total. The number of carbonyl (C=O) groups excluding carboxylic acids is 2. The number of nitrogens with zero attached hydrogens (tertiary/aromatic N) is 2. The molecule has 0 atom stereocenters. The van der Waals surface area contributed by atoms with Crippen LogP contribution in [0.2, 0.25) is 0 Å². The molecule has 0 saturated carbocycles. The van der Waals surface area contributed by atoms with Crippen LogP contribution in [0.1, 0.15) is 31.5 Å². The minimum absolute atomic E-state index is 0.0507. The molecule has 1 aliphatic heterocycles. The first-order valence-electron chi connectivity index (χ1n) is 10.2. The number of benzene rings is 1. The zero-order valence-electron chi connectivity index (χ0n) is 17.7. The third-order valence-electron chi connectivity index (χ3n) is 4.67. The highest BCUT2D eigenvalue weighted by Gasteiger charge is 2.16. The van der Waals surface area contributed by atoms with E-state index in [-0.39, 0.29) is 37.5 Å². The molecule has 168 valence electrons. The van der Waals surface area contributed by atoms with Gasteiger partial charge in [0.1, 0.15) is 6.54 Å². The van der Waals surface area contributed by atoms with Gasteiger partial charge in [-0.2, -0.15) is 0 Å². The average Bonchev–Trinajstić information content (AvgIpc) is 3.36. The zero-order chi connectivity index (χ0) is 22.2. The molecular formula is C21H28N4O5S. The summed E-state index contributed by atoms with van der Waals surface area (Å²) in [6.07, 6.45) is 2.42. The van der Waals surface area contributed by atoms with Gasteiger partial charge in [0.15, 0.2) is 16.7 Å². The zero-order valence-corrected chi connectivity index (χ0v) is 18.5. The molecular weight excluding hydrogens is 420 g/mol. The van der Waals surface area contributed by atoms with E-state index in [1.807, 2.05) is 18.2 Å². The molecule has 0 bridgehead atoms. The number of thioether (sulfide) groups is 1. The van der Waals surface area contributed by atoms with E-state index in [0.29, 0.717) is 41.4 Å². The highest BCUT2D eigenvalue weighted by atomic mass is 32.2. The number of aliphatic hydroxyl groups excluding tert-OH is 1. The lowest BCUT2D eigenvalue weighted by atomic mass is 10.1. The van der Waals surface area contributed by atoms with Crippen LogP contribution in [0.15, 0.2) is 29.6 Å². The van der Waals surface area contributed by atoms with Crippen LogP contribution in [0.4, 0.5) is 0 Å². The van der Waals surface area contributed by atoms with Crippen molar-refractivity contribution in [2.24, 2.45) is 5.92 Å². The number of hydrogen-bond donors (Lipinski definition) is 3. The van der Waals surface area contributed by atoms with E-state index in [2.05, 4.69) is 29.5 Å². The van der Waals surface area contributed by atoms with E-state index in [9.17, 15) is 14.7 Å². The summed E-state index contributed by atoms with van der Waals surface area (Å²) in [7, 11) is 0. The largest absolute Gasteiger partial charge is 0.454 e. The Labute approximate surface area is 185 Å². The van der Waals surface area contributed by atoms with Crippen LogP contribution in [-0.2, 0) is 29.3 Å². The van der Waals surface area contributed by atoms with Crippen molar-refractivity contribution < 1.29 is 24.2 Å². The summed E-state index contributed by atoms with van der Waals surface area (Å²) >= 11 is 1.22. The molecule has 0 unspecified atom stereocenters. The molecule has 1 aliphatic rings. The normalized spacial score (nSPS) is 12.3. The molecule has 2 aromatic rings. The second-order valence-corrected chi connectivity index (χ2v) is 8.50. The summed E-state index contributed by atoms with van der Waals surface area (Å²) in [4.78, 5) is 28.8. The molecule has 1 aromatic carbocycles. The molecule has 0 spiro atoms. The van der Waals surface area contributed by atoms with E-state index in [4.69, 9.17) is 9.47 Å². The lowest BCUT2D eigenvalue weighted by Crippen LogP contribution is -2.30. The Bertz CT molecular complexity index is 915. The van der Waals surface area contributed by atoms with Gasteiger partial charge in [-0.3, -0.25) is 9.59 Å². The highest BCUT2D eigenvalue weighted by Crippen LogP contribution is 2.32. The van der Waals surface area contributed by atoms with Crippen LogP contribution >= 0.6 is 11.8 Å². The molecule has 0 fully saturated rings. The predicted octanol–water partition coefficient (Wildman–Crippen LogP) is 1.67. The molecule has 0 radical (unpaired) electrons. The van der Waals surface area contributed by atoms with Crippen molar-refractivity contribution in [3.63, 3.8) is 0 Å². The first-order chi connectivity index (χ1) is 15.0. The van der Waals surface area contributed by atoms with Gasteiger partial charge >= 0.3 is 0 Å². The maximum Gasteiger partial charge on any atom is 0.240 e. The summed E-state index contributed by atoms with van der Waals surface area (Å²) in [5, 5.41) is 15.8. The number of fused-ring (bicyclic) bond motifs is 1. The van der Waals surface area contributed by atoms with E-state index < -0.39 is 0 Å². The minimum Gasteiger partial charge on any atom is -0.454 e. The fourth-order valence-corrected chi connectivity index (χ4v) is 3.76. The van der Waals surface area contributed by atoms with Crippen molar-refractivity contribution in [1.29, 1.82) is 0 Å². The first kappa shape index (κ1) is 23.0. The fraction of sp³-hybridized carbons (Fsp3) is 0.476. The molecule has 2 heterocycles. The number of aliphatic hydroxyl groups is 1. The third kappa shape index (κ3) is 6.63. The summed E-state index contributed by atoms with van der Waals surface area (Å²) < 4.78 is 12.3. The van der Waals surface area contributed by atoms with Crippen molar-refractivity contribution in [2.45, 2.75) is 45.1 Å². The van der Waals surface area contributed by atoms with Crippen molar-refractivity contribution in [1.82, 2.24) is 20.2 Å². The molecule has 1 aromatic heterocycles. The van der Waals surface area contributed by atoms with Crippen LogP contribution in [0.3, 0.4) is 0 Å². The van der Waals surface area contributed by atoms with Gasteiger partial charge in [0.25, 0.3) is 0 Å². The van der Waals surface area contributed by atoms with E-state index in [0.717, 1.165) is 12.0 Å². The monoisotopic (exact) mass is 448 g/mol. The summed E-state index contributed by atoms with van der Waals surface area (Å²) in [5.74, 6) is 1.70. The number of nitrogens with one attached hydrogen (secondary N) is 2. The lowest BCUT2D eigenvalue weighted by molar-refractivity contribution is -0.122. The first-order valence-corrected chi connectivity index (χ1v) is 11.1. The Morgan fingerprint density at radius 3 is 2.81 bits per heavy atom. The van der Waals surface area contributed by atoms with Crippen LogP contribution in [-0.4, -0.2) is 45.6 Å². The number of hydrogen-bond acceptors (Lipinski definition) is 7. The van der Waals surface area contributed by atoms with Crippen molar-refractivity contribution in [2.75, 3.05) is 19.1 Å². The standard InChI is InChI=1S/C21H28N4O5S/c1-14(2)5-6-22-19(27)10-25-16(11-26)9-24-21(25)31-12-20(28)23-8-15-3-4-17-18(7-15)30-13-29-17/h3-4,7,9,14,26H,5-6,8,10-13H2,1-2H3,(H,22,27)(H,23,28). The third-order valence-corrected chi connectivity index (χ3v) is 5.66. The quantitative estimate of drug-likeness (QED) is 0.448. The molecule has 3 N–H and O–H groups in total. The van der Waals surface area contributed by atoms with Gasteiger partial charge in [0.2, 0.25) is 18.6 Å². The topological polar surface area (TPSA) is 115 Å². The van der Waals surface area contributed by atoms with Gasteiger partial charge in [-0.1, -0.05) is 31.7 Å². The van der Waals surface area contributed by atoms with E-state index in [1.165, 1.54) is 18.0 Å². The van der Waals surface area contributed by atoms with Crippen molar-refractivity contribution in [3.8, 4) is 11.5 Å². The van der Waals surface area contributed by atoms with Crippen LogP contribution in [0, 0.1) is 5.92 Å². The van der Waals surface area contributed by atoms with Crippen molar-refractivity contribution >= 4 is 23.6 Å². The minimum atomic E-state index is -0.233. The van der Waals surface area contributed by atoms with Gasteiger partial charge in [-0.15, -0.1) is 0 Å². The second-order valence-electron chi connectivity index (χ2n) is 7.56. The van der Waals surface area contributed by atoms with Crippen molar-refractivity contribution in [3.05, 3.63) is 35.7 Å². The van der Waals surface area contributed by atoms with Gasteiger partial charge in [0.05, 0.1) is 24.3 Å². The lowest BCUT2D eigenvalue weighted by Gasteiger charge is -2.12. The molecule has 31 heavy (non-hydrogen) atoms. The number of imidazole rings is 1. The molecule has 2 amide bonds. The highest BCUT2D eigenvalue weighted by molar-refractivity contribution is 7.99. The maximum atomic E-state index is 12.3. The Kier molecular flexibility index (Phi) is 8.19. The Balaban J connectivity index is 1.49. The molecule has 10 heteroatoms. The number of aromatic nitrogens is 2. The SMILES string of the molecule is CC(C)CCNC(=O)Cn1c(CO)cnc1SCC(=O)NCc1ccc2c(c1)OCO2. The van der Waals surface area contributed by atoms with E-state index >= 15 is 0 Å². The summed E-state index contributed by atoms with van der Waals surface area (Å²) in [5.41, 5.74) is 1.44. The van der Waals surface area contributed by atoms with Crippen LogP contribution < -0.4 is 20.1 Å². The average molecular weight is 449 g/mol. The molecule has 3 rings (SSSR count). The number of rotatable bonds is 11. The number of ether oxygens (including phenoxy) is 2. The van der Waals surface area contributed by atoms with Crippen LogP contribution in [0.5, 0.6) is 11.5 Å². The molecule has 0 aliphatic carbocycles. The Morgan fingerprint density at radius 2 is 2.03 bits per heavy atom. The smallest absolute Gasteiger partial charge is 0.240 e. The second kappa shape index (κ2) is 11.1. The van der Waals surface area contributed by atoms with Crippen LogP contribution in [0.25, 0.3) is 0 Å². The van der Waals surface area contributed by atoms with E-state index in [1.54, 1.807) is 4.57 Å². The van der Waals surface area contributed by atoms with Gasteiger partial charge < -0.3 is 29.8 Å². The summed E-state index contributed by atoms with van der Waals surface area (Å²) in [6, 6.07) is 5.53. The van der Waals surface area contributed by atoms with Gasteiger partial charge in [-0.25, -0.2) is 4.98 Å². The summed E-state index contributed by atoms with van der Waals surface area (Å²) in [6.45, 7) is 5.18. The Morgan fingerprint density at radius 1 is 1.23 bits per heavy atom. The fourth-order valence-electron chi connectivity index (χ4n) is 2.93. The van der Waals surface area contributed by atoms with Gasteiger partial charge in [-0.05, 0) is 30.0 Å². The Hall–Kier alpha value is -2.72. The number of amides is 2. The number of carbonyl (C=O) groups is 2. The molecule has 0 saturated heterocycles.